The number of nitrogens with one attached hydrogen (secondary N) is 1. The fourth-order valence-electron chi connectivity index (χ4n) is 1.83. The second-order valence-electron chi connectivity index (χ2n) is 4.08. The zero-order chi connectivity index (χ0) is 14.0. The van der Waals surface area contributed by atoms with E-state index in [1.807, 2.05) is 20.8 Å². The summed E-state index contributed by atoms with van der Waals surface area (Å²) in [6, 6.07) is 1.72. The van der Waals surface area contributed by atoms with Crippen molar-refractivity contribution in [2.24, 2.45) is 0 Å². The van der Waals surface area contributed by atoms with Gasteiger partial charge in [0.1, 0.15) is 4.88 Å². The number of carbonyl (C=O) groups excluding carboxylic acids is 1. The van der Waals surface area contributed by atoms with Crippen LogP contribution in [-0.2, 0) is 0 Å². The average molecular weight is 277 g/mol. The van der Waals surface area contributed by atoms with E-state index >= 15 is 0 Å². The number of aromatic nitrogens is 2. The Hall–Kier alpha value is -1.95. The lowest BCUT2D eigenvalue weighted by Gasteiger charge is -2.11. The first-order valence-corrected chi connectivity index (χ1v) is 6.59. The van der Waals surface area contributed by atoms with Gasteiger partial charge in [-0.25, -0.2) is 4.98 Å². The Kier molecular flexibility index (Phi) is 3.80. The summed E-state index contributed by atoms with van der Waals surface area (Å²) in [5.74, 6) is 0.404. The largest absolute Gasteiger partial charge is 0.493 e. The number of aryl methyl sites for hydroxylation is 3. The van der Waals surface area contributed by atoms with E-state index in [0.717, 1.165) is 16.4 Å². The van der Waals surface area contributed by atoms with Crippen molar-refractivity contribution in [2.75, 3.05) is 12.4 Å². The Morgan fingerprint density at radius 2 is 2.05 bits per heavy atom. The first kappa shape index (κ1) is 13.5. The molecule has 2 heterocycles. The van der Waals surface area contributed by atoms with Gasteiger partial charge in [-0.05, 0) is 26.8 Å². The van der Waals surface area contributed by atoms with Gasteiger partial charge in [0.2, 0.25) is 0 Å². The van der Waals surface area contributed by atoms with Crippen LogP contribution in [0.4, 0.5) is 5.69 Å². The number of rotatable bonds is 3. The van der Waals surface area contributed by atoms with Gasteiger partial charge in [0.25, 0.3) is 5.91 Å². The number of anilines is 1. The number of ether oxygens (including phenoxy) is 1. The summed E-state index contributed by atoms with van der Waals surface area (Å²) in [5.41, 5.74) is 2.09. The highest BCUT2D eigenvalue weighted by atomic mass is 32.1. The van der Waals surface area contributed by atoms with E-state index < -0.39 is 0 Å². The standard InChI is InChI=1S/C13H15N3O2S/c1-7-11(18-4)10(5-6-14-7)16-13(17)12-8(2)15-9(3)19-12/h5-6H,1-4H3,(H,14,16,17). The van der Waals surface area contributed by atoms with Crippen molar-refractivity contribution in [3.05, 3.63) is 33.5 Å². The molecule has 0 saturated heterocycles. The van der Waals surface area contributed by atoms with Gasteiger partial charge < -0.3 is 10.1 Å². The lowest BCUT2D eigenvalue weighted by Crippen LogP contribution is -2.13. The van der Waals surface area contributed by atoms with E-state index in [-0.39, 0.29) is 5.91 Å². The smallest absolute Gasteiger partial charge is 0.267 e. The summed E-state index contributed by atoms with van der Waals surface area (Å²) in [6.45, 7) is 5.54. The first-order chi connectivity index (χ1) is 9.02. The summed E-state index contributed by atoms with van der Waals surface area (Å²) < 4.78 is 5.26. The molecule has 1 amide bonds. The number of carbonyl (C=O) groups is 1. The van der Waals surface area contributed by atoms with Crippen LogP contribution in [0.1, 0.15) is 26.1 Å². The maximum Gasteiger partial charge on any atom is 0.267 e. The fraction of sp³-hybridized carbons (Fsp3) is 0.308. The van der Waals surface area contributed by atoms with Crippen LogP contribution in [0.25, 0.3) is 0 Å². The fourth-order valence-corrected chi connectivity index (χ4v) is 2.65. The van der Waals surface area contributed by atoms with Crippen LogP contribution in [0.5, 0.6) is 5.75 Å². The zero-order valence-corrected chi connectivity index (χ0v) is 12.1. The number of hydrogen-bond acceptors (Lipinski definition) is 5. The molecule has 0 radical (unpaired) electrons. The molecular formula is C13H15N3O2S. The Bertz CT molecular complexity index is 622. The summed E-state index contributed by atoms with van der Waals surface area (Å²) >= 11 is 1.38. The molecule has 2 aromatic rings. The van der Waals surface area contributed by atoms with Crippen molar-refractivity contribution >= 4 is 22.9 Å². The zero-order valence-electron chi connectivity index (χ0n) is 11.3. The molecule has 0 aliphatic heterocycles. The SMILES string of the molecule is COc1c(NC(=O)c2sc(C)nc2C)ccnc1C. The predicted octanol–water partition coefficient (Wildman–Crippen LogP) is 2.72. The number of methoxy groups -OCH3 is 1. The lowest BCUT2D eigenvalue weighted by atomic mass is 10.3. The van der Waals surface area contributed by atoms with Crippen molar-refractivity contribution in [3.63, 3.8) is 0 Å². The number of thiazole rings is 1. The van der Waals surface area contributed by atoms with Gasteiger partial charge >= 0.3 is 0 Å². The maximum atomic E-state index is 12.2. The van der Waals surface area contributed by atoms with E-state index in [2.05, 4.69) is 15.3 Å². The topological polar surface area (TPSA) is 64.1 Å². The summed E-state index contributed by atoms with van der Waals surface area (Å²) in [4.78, 5) is 21.2. The molecule has 6 heteroatoms. The van der Waals surface area contributed by atoms with Crippen LogP contribution >= 0.6 is 11.3 Å². The predicted molar refractivity (Wildman–Crippen MR) is 75.1 cm³/mol. The summed E-state index contributed by atoms with van der Waals surface area (Å²) in [6.07, 6.45) is 1.64. The molecule has 0 spiro atoms. The third-order valence-electron chi connectivity index (χ3n) is 2.64. The number of amides is 1. The summed E-state index contributed by atoms with van der Waals surface area (Å²) in [7, 11) is 1.56. The van der Waals surface area contributed by atoms with Gasteiger partial charge in [-0.1, -0.05) is 0 Å². The van der Waals surface area contributed by atoms with Crippen LogP contribution in [-0.4, -0.2) is 23.0 Å². The van der Waals surface area contributed by atoms with Crippen LogP contribution in [0.3, 0.4) is 0 Å². The van der Waals surface area contributed by atoms with Crippen molar-refractivity contribution in [1.82, 2.24) is 9.97 Å². The van der Waals surface area contributed by atoms with E-state index in [1.54, 1.807) is 19.4 Å². The Morgan fingerprint density at radius 1 is 1.32 bits per heavy atom. The van der Waals surface area contributed by atoms with Gasteiger partial charge in [0.05, 0.1) is 29.2 Å². The van der Waals surface area contributed by atoms with Crippen molar-refractivity contribution in [2.45, 2.75) is 20.8 Å². The number of hydrogen-bond donors (Lipinski definition) is 1. The van der Waals surface area contributed by atoms with E-state index in [9.17, 15) is 4.79 Å². The first-order valence-electron chi connectivity index (χ1n) is 5.78. The molecule has 0 unspecified atom stereocenters. The number of pyridine rings is 1. The highest BCUT2D eigenvalue weighted by Crippen LogP contribution is 2.27. The molecule has 0 saturated carbocycles. The quantitative estimate of drug-likeness (QED) is 0.937. The highest BCUT2D eigenvalue weighted by molar-refractivity contribution is 7.13. The Morgan fingerprint density at radius 3 is 2.63 bits per heavy atom. The minimum Gasteiger partial charge on any atom is -0.493 e. The van der Waals surface area contributed by atoms with Gasteiger partial charge in [-0.2, -0.15) is 0 Å². The lowest BCUT2D eigenvalue weighted by molar-refractivity contribution is 0.102. The Balaban J connectivity index is 2.29. The molecule has 19 heavy (non-hydrogen) atoms. The van der Waals surface area contributed by atoms with Gasteiger partial charge in [-0.15, -0.1) is 11.3 Å². The summed E-state index contributed by atoms with van der Waals surface area (Å²) in [5, 5.41) is 3.71. The van der Waals surface area contributed by atoms with Gasteiger partial charge in [-0.3, -0.25) is 9.78 Å². The Labute approximate surface area is 115 Å². The highest BCUT2D eigenvalue weighted by Gasteiger charge is 2.16. The van der Waals surface area contributed by atoms with Crippen LogP contribution in [0, 0.1) is 20.8 Å². The normalized spacial score (nSPS) is 10.3. The maximum absolute atomic E-state index is 12.2. The second kappa shape index (κ2) is 5.36. The minimum atomic E-state index is -0.174. The van der Waals surface area contributed by atoms with E-state index in [4.69, 9.17) is 4.74 Å². The van der Waals surface area contributed by atoms with Crippen LogP contribution in [0.2, 0.25) is 0 Å². The molecule has 0 aromatic carbocycles. The molecular weight excluding hydrogens is 262 g/mol. The minimum absolute atomic E-state index is 0.174. The van der Waals surface area contributed by atoms with E-state index in [0.29, 0.717) is 16.3 Å². The average Bonchev–Trinajstić information content (AvgIpc) is 2.69. The van der Waals surface area contributed by atoms with Crippen molar-refractivity contribution in [3.8, 4) is 5.75 Å². The number of nitrogens with zero attached hydrogens (tertiary/aromatic N) is 2. The second-order valence-corrected chi connectivity index (χ2v) is 5.28. The van der Waals surface area contributed by atoms with Crippen LogP contribution < -0.4 is 10.1 Å². The molecule has 2 rings (SSSR count). The third kappa shape index (κ3) is 2.73. The molecule has 0 aliphatic carbocycles. The molecule has 0 bridgehead atoms. The molecule has 100 valence electrons. The third-order valence-corrected chi connectivity index (χ3v) is 3.72. The van der Waals surface area contributed by atoms with Crippen LogP contribution in [0.15, 0.2) is 12.3 Å². The molecule has 0 atom stereocenters. The van der Waals surface area contributed by atoms with Crippen molar-refractivity contribution in [1.29, 1.82) is 0 Å². The van der Waals surface area contributed by atoms with E-state index in [1.165, 1.54) is 11.3 Å². The molecule has 2 aromatic heterocycles. The van der Waals surface area contributed by atoms with Crippen molar-refractivity contribution < 1.29 is 9.53 Å². The van der Waals surface area contributed by atoms with Gasteiger partial charge in [0.15, 0.2) is 5.75 Å². The molecule has 0 aliphatic rings. The molecule has 1 N–H and O–H groups in total. The molecule has 5 nitrogen and oxygen atoms in total. The monoisotopic (exact) mass is 277 g/mol. The molecule has 0 fully saturated rings. The van der Waals surface area contributed by atoms with Gasteiger partial charge in [0, 0.05) is 6.20 Å².